The van der Waals surface area contributed by atoms with Crippen LogP contribution in [0.15, 0.2) is 30.9 Å². The van der Waals surface area contributed by atoms with Crippen molar-refractivity contribution in [3.8, 4) is 0 Å². The summed E-state index contributed by atoms with van der Waals surface area (Å²) in [7, 11) is 0. The van der Waals surface area contributed by atoms with E-state index in [4.69, 9.17) is 30.0 Å². The van der Waals surface area contributed by atoms with Crippen molar-refractivity contribution >= 4 is 12.3 Å². The molecule has 6 nitrogen and oxygen atoms in total. The van der Waals surface area contributed by atoms with Gasteiger partial charge in [0.05, 0.1) is 0 Å². The summed E-state index contributed by atoms with van der Waals surface area (Å²) in [6.45, 7) is 6.50. The van der Waals surface area contributed by atoms with Gasteiger partial charge in [-0.2, -0.15) is 6.08 Å². The van der Waals surface area contributed by atoms with E-state index in [0.717, 1.165) is 6.42 Å². The molecule has 0 unspecified atom stereocenters. The first-order valence-electron chi connectivity index (χ1n) is 3.84. The maximum absolute atomic E-state index is 8.56. The Labute approximate surface area is 114 Å². The second-order valence-corrected chi connectivity index (χ2v) is 1.86. The molecule has 1 aliphatic rings. The minimum atomic E-state index is -1.83. The molecule has 0 radical (unpaired) electrons. The van der Waals surface area contributed by atoms with Gasteiger partial charge in [0.25, 0.3) is 0 Å². The zero-order chi connectivity index (χ0) is 13.4. The molecule has 0 saturated heterocycles. The molecule has 17 heavy (non-hydrogen) atoms. The second kappa shape index (κ2) is 23.9. The summed E-state index contributed by atoms with van der Waals surface area (Å²) in [6.07, 6.45) is 7.83. The molecule has 0 atom stereocenters. The summed E-state index contributed by atoms with van der Waals surface area (Å²) in [5.41, 5.74) is 0. The summed E-state index contributed by atoms with van der Waals surface area (Å²) < 4.78 is 0. The van der Waals surface area contributed by atoms with Crippen molar-refractivity contribution in [2.75, 3.05) is 0 Å². The topological polar surface area (TPSA) is 115 Å². The van der Waals surface area contributed by atoms with Crippen LogP contribution in [0.1, 0.15) is 6.42 Å². The Hall–Kier alpha value is -1.68. The molecule has 1 rings (SSSR count). The van der Waals surface area contributed by atoms with Crippen molar-refractivity contribution in [3.05, 3.63) is 43.9 Å². The van der Waals surface area contributed by atoms with Crippen LogP contribution in [0.4, 0.5) is 9.59 Å². The third kappa shape index (κ3) is 197. The molecule has 7 heteroatoms. The molecular weight excluding hydrogens is 400 g/mol. The number of hydrogen-bond donors (Lipinski definition) is 4. The predicted octanol–water partition coefficient (Wildman–Crippen LogP) is 2.75. The molecule has 0 bridgehead atoms. The average molecular weight is 414 g/mol. The molecule has 0 aliphatic heterocycles. The minimum Gasteiger partial charge on any atom is -0.450 e. The van der Waals surface area contributed by atoms with E-state index in [1.54, 1.807) is 0 Å². The monoisotopic (exact) mass is 414 g/mol. The van der Waals surface area contributed by atoms with Gasteiger partial charge in [-0.05, 0) is 0 Å². The summed E-state index contributed by atoms with van der Waals surface area (Å²) in [5.74, 6) is 0. The number of carboxylic acid groups (broad SMARTS) is 4. The van der Waals surface area contributed by atoms with Crippen LogP contribution in [0.25, 0.3) is 0 Å². The largest absolute Gasteiger partial charge is 2.00 e. The first-order chi connectivity index (χ1) is 7.38. The molecular formula is C10H14O6W. The molecule has 0 aromatic rings. The SMILES string of the molecule is C=C[CH2-].O=C(O)O.O=C(O)O.[C-]1=CC=CC1.[W+2]. The van der Waals surface area contributed by atoms with Gasteiger partial charge in [-0.1, -0.05) is 0 Å². The van der Waals surface area contributed by atoms with Crippen molar-refractivity contribution in [3.63, 3.8) is 0 Å². The fourth-order valence-corrected chi connectivity index (χ4v) is 0.340. The van der Waals surface area contributed by atoms with Crippen LogP contribution >= 0.6 is 0 Å². The smallest absolute Gasteiger partial charge is 0.450 e. The molecule has 0 aromatic carbocycles. The molecule has 0 saturated carbocycles. The number of hydrogen-bond acceptors (Lipinski definition) is 2. The summed E-state index contributed by atoms with van der Waals surface area (Å²) in [5, 5.41) is 27.9. The number of allylic oxidation sites excluding steroid dienone is 5. The predicted molar refractivity (Wildman–Crippen MR) is 58.4 cm³/mol. The van der Waals surface area contributed by atoms with Gasteiger partial charge in [-0.3, -0.25) is 6.08 Å². The van der Waals surface area contributed by atoms with Crippen molar-refractivity contribution in [2.24, 2.45) is 0 Å². The van der Waals surface area contributed by atoms with Crippen LogP contribution < -0.4 is 0 Å². The Bertz CT molecular complexity index is 217. The van der Waals surface area contributed by atoms with Gasteiger partial charge >= 0.3 is 33.4 Å². The Morgan fingerprint density at radius 2 is 1.53 bits per heavy atom. The van der Waals surface area contributed by atoms with Crippen molar-refractivity contribution in [1.29, 1.82) is 0 Å². The fourth-order valence-electron chi connectivity index (χ4n) is 0.340. The van der Waals surface area contributed by atoms with Crippen LogP contribution in [0.5, 0.6) is 0 Å². The van der Waals surface area contributed by atoms with E-state index < -0.39 is 12.3 Å². The Kier molecular flexibility index (Phi) is 34.4. The standard InChI is InChI=1S/C5H5.C3H5.2CH2O3.W/c1-2-4-5-3-1;1-3-2;2*2-1(3)4;/h1-3H,4H2;3H,1-2H2;2*(H2,2,3,4);/q2*-1;;;+2. The van der Waals surface area contributed by atoms with E-state index in [0.29, 0.717) is 0 Å². The van der Waals surface area contributed by atoms with Crippen LogP contribution in [0.2, 0.25) is 0 Å². The maximum atomic E-state index is 8.56. The molecule has 0 aromatic heterocycles. The normalized spacial score (nSPS) is 8.71. The Morgan fingerprint density at radius 3 is 1.59 bits per heavy atom. The van der Waals surface area contributed by atoms with E-state index in [1.165, 1.54) is 6.08 Å². The number of rotatable bonds is 0. The van der Waals surface area contributed by atoms with E-state index in [9.17, 15) is 0 Å². The molecule has 0 spiro atoms. The van der Waals surface area contributed by atoms with Crippen molar-refractivity contribution in [2.45, 2.75) is 6.42 Å². The van der Waals surface area contributed by atoms with Gasteiger partial charge in [0.15, 0.2) is 0 Å². The van der Waals surface area contributed by atoms with E-state index >= 15 is 0 Å². The molecule has 4 N–H and O–H groups in total. The molecule has 0 fully saturated rings. The number of carbonyl (C=O) groups is 2. The van der Waals surface area contributed by atoms with Gasteiger partial charge in [0.1, 0.15) is 0 Å². The molecule has 0 heterocycles. The van der Waals surface area contributed by atoms with Gasteiger partial charge < -0.3 is 20.4 Å². The van der Waals surface area contributed by atoms with Gasteiger partial charge in [0.2, 0.25) is 0 Å². The first-order valence-corrected chi connectivity index (χ1v) is 3.84. The van der Waals surface area contributed by atoms with Crippen molar-refractivity contribution < 1.29 is 51.1 Å². The summed E-state index contributed by atoms with van der Waals surface area (Å²) in [4.78, 5) is 17.1. The quantitative estimate of drug-likeness (QED) is 0.454. The van der Waals surface area contributed by atoms with Gasteiger partial charge in [0, 0.05) is 0 Å². The second-order valence-electron chi connectivity index (χ2n) is 1.86. The van der Waals surface area contributed by atoms with E-state index in [-0.39, 0.29) is 21.1 Å². The van der Waals surface area contributed by atoms with Crippen molar-refractivity contribution in [1.82, 2.24) is 0 Å². The van der Waals surface area contributed by atoms with Crippen LogP contribution in [0, 0.1) is 13.0 Å². The average Bonchev–Trinajstić information content (AvgIpc) is 2.57. The zero-order valence-corrected chi connectivity index (χ0v) is 11.9. The first kappa shape index (κ1) is 24.5. The van der Waals surface area contributed by atoms with E-state index in [1.807, 2.05) is 12.2 Å². The zero-order valence-electron chi connectivity index (χ0n) is 8.94. The Morgan fingerprint density at radius 1 is 1.24 bits per heavy atom. The summed E-state index contributed by atoms with van der Waals surface area (Å²) >= 11 is 0. The van der Waals surface area contributed by atoms with Crippen LogP contribution in [-0.2, 0) is 21.1 Å². The molecule has 0 amide bonds. The third-order valence-electron chi connectivity index (χ3n) is 0.586. The fraction of sp³-hybridized carbons (Fsp3) is 0.100. The molecule has 1 aliphatic carbocycles. The minimum absolute atomic E-state index is 0. The van der Waals surface area contributed by atoms with E-state index in [2.05, 4.69) is 25.7 Å². The Balaban J connectivity index is -0.0000000664. The van der Waals surface area contributed by atoms with Gasteiger partial charge in [-0.15, -0.1) is 6.42 Å². The third-order valence-corrected chi connectivity index (χ3v) is 0.586. The van der Waals surface area contributed by atoms with Crippen LogP contribution in [-0.4, -0.2) is 32.7 Å². The molecule has 96 valence electrons. The van der Waals surface area contributed by atoms with Gasteiger partial charge in [-0.25, -0.2) is 41.3 Å². The van der Waals surface area contributed by atoms with Crippen LogP contribution in [0.3, 0.4) is 0 Å². The summed E-state index contributed by atoms with van der Waals surface area (Å²) in [6, 6.07) is 0. The maximum Gasteiger partial charge on any atom is 2.00 e.